The zero-order chi connectivity index (χ0) is 21.4. The average Bonchev–Trinajstić information content (AvgIpc) is 3.17. The number of nitrogens with one attached hydrogen (secondary N) is 2. The van der Waals surface area contributed by atoms with E-state index in [0.29, 0.717) is 6.54 Å². The molecular weight excluding hydrogens is 410 g/mol. The highest BCUT2D eigenvalue weighted by Gasteiger charge is 2.22. The Morgan fingerprint density at radius 1 is 1.06 bits per heavy atom. The van der Waals surface area contributed by atoms with Crippen LogP contribution in [0.1, 0.15) is 31.2 Å². The number of carbonyl (C=O) groups is 1. The van der Waals surface area contributed by atoms with Crippen LogP contribution in [0.3, 0.4) is 0 Å². The van der Waals surface area contributed by atoms with Gasteiger partial charge in [-0.15, -0.1) is 0 Å². The quantitative estimate of drug-likeness (QED) is 0.445. The van der Waals surface area contributed by atoms with Crippen LogP contribution in [0.2, 0.25) is 5.02 Å². The number of carbonyl (C=O) groups excluding carboxylic acids is 1. The van der Waals surface area contributed by atoms with Crippen molar-refractivity contribution >= 4 is 34.5 Å². The van der Waals surface area contributed by atoms with Crippen LogP contribution in [0.5, 0.6) is 0 Å². The molecule has 0 radical (unpaired) electrons. The van der Waals surface area contributed by atoms with E-state index in [1.807, 2.05) is 40.9 Å². The van der Waals surface area contributed by atoms with E-state index in [1.165, 1.54) is 35.7 Å². The molecule has 0 spiro atoms. The number of halogens is 1. The zero-order valence-corrected chi connectivity index (χ0v) is 18.1. The Hall–Kier alpha value is -3.25. The Labute approximate surface area is 185 Å². The van der Waals surface area contributed by atoms with Gasteiger partial charge in [0.15, 0.2) is 5.82 Å². The van der Waals surface area contributed by atoms with Gasteiger partial charge in [0.25, 0.3) is 0 Å². The summed E-state index contributed by atoms with van der Waals surface area (Å²) in [6.07, 6.45) is 5.50. The van der Waals surface area contributed by atoms with E-state index in [-0.39, 0.29) is 5.91 Å². The number of rotatable bonds is 5. The first-order valence-electron chi connectivity index (χ1n) is 10.6. The van der Waals surface area contributed by atoms with E-state index < -0.39 is 0 Å². The molecule has 1 aliphatic heterocycles. The molecule has 3 heterocycles. The Balaban J connectivity index is 1.42. The maximum absolute atomic E-state index is 11.2. The molecule has 0 atom stereocenters. The third-order valence-electron chi connectivity index (χ3n) is 5.72. The van der Waals surface area contributed by atoms with Crippen LogP contribution in [0.4, 0.5) is 11.4 Å². The highest BCUT2D eigenvalue weighted by molar-refractivity contribution is 6.30. The van der Waals surface area contributed by atoms with Crippen molar-refractivity contribution in [3.63, 3.8) is 0 Å². The fourth-order valence-electron chi connectivity index (χ4n) is 4.30. The zero-order valence-electron chi connectivity index (χ0n) is 17.4. The molecule has 5 rings (SSSR count). The Morgan fingerprint density at radius 3 is 2.55 bits per heavy atom. The molecule has 0 saturated carbocycles. The second-order valence-corrected chi connectivity index (χ2v) is 8.37. The predicted octanol–water partition coefficient (Wildman–Crippen LogP) is 5.36. The van der Waals surface area contributed by atoms with E-state index in [2.05, 4.69) is 33.5 Å². The predicted molar refractivity (Wildman–Crippen MR) is 125 cm³/mol. The molecule has 0 bridgehead atoms. The molecule has 0 aliphatic carbocycles. The molecule has 4 aromatic rings. The van der Waals surface area contributed by atoms with Crippen LogP contribution in [-0.2, 0) is 24.3 Å². The van der Waals surface area contributed by atoms with Gasteiger partial charge in [0.05, 0.1) is 6.54 Å². The first-order valence-corrected chi connectivity index (χ1v) is 10.9. The fourth-order valence-corrected chi connectivity index (χ4v) is 4.43. The summed E-state index contributed by atoms with van der Waals surface area (Å²) in [5.41, 5.74) is 6.75. The van der Waals surface area contributed by atoms with Gasteiger partial charge in [0.2, 0.25) is 5.91 Å². The minimum Gasteiger partial charge on any atom is -0.378 e. The van der Waals surface area contributed by atoms with Gasteiger partial charge in [-0.1, -0.05) is 23.7 Å². The lowest BCUT2D eigenvalue weighted by Gasteiger charge is -2.10. The monoisotopic (exact) mass is 433 g/mol. The number of amides is 1. The van der Waals surface area contributed by atoms with Crippen LogP contribution in [0.15, 0.2) is 54.7 Å². The SMILES string of the molecule is CC(=O)Nc1ccc(NCc2nn3cc(-c4ccc(Cl)cc4)c4c3n2CCCC4)cc1. The Kier molecular flexibility index (Phi) is 5.16. The van der Waals surface area contributed by atoms with Crippen molar-refractivity contribution in [3.8, 4) is 11.1 Å². The number of aryl methyl sites for hydroxylation is 2. The molecule has 6 nitrogen and oxygen atoms in total. The fraction of sp³-hybridized carbons (Fsp3) is 0.250. The number of aromatic nitrogens is 3. The molecule has 2 N–H and O–H groups in total. The molecule has 158 valence electrons. The highest BCUT2D eigenvalue weighted by Crippen LogP contribution is 2.33. The summed E-state index contributed by atoms with van der Waals surface area (Å²) >= 11 is 6.08. The number of hydrogen-bond acceptors (Lipinski definition) is 3. The van der Waals surface area contributed by atoms with Crippen molar-refractivity contribution in [2.24, 2.45) is 0 Å². The maximum Gasteiger partial charge on any atom is 0.221 e. The van der Waals surface area contributed by atoms with Crippen LogP contribution in [0.25, 0.3) is 16.8 Å². The molecule has 2 aromatic carbocycles. The molecule has 1 aliphatic rings. The standard InChI is InChI=1S/C24H24ClN5O/c1-16(31)27-20-11-9-19(10-12-20)26-14-23-28-30-15-22(17-5-7-18(25)8-6-17)21-4-2-3-13-29(23)24(21)30/h5-12,15,26H,2-4,13-14H2,1H3,(H,27,31). The number of benzene rings is 2. The normalized spacial score (nSPS) is 13.2. The lowest BCUT2D eigenvalue weighted by Crippen LogP contribution is -2.09. The lowest BCUT2D eigenvalue weighted by atomic mass is 10.0. The molecule has 1 amide bonds. The molecule has 7 heteroatoms. The third kappa shape index (κ3) is 3.91. The second kappa shape index (κ2) is 8.12. The second-order valence-electron chi connectivity index (χ2n) is 7.93. The summed E-state index contributed by atoms with van der Waals surface area (Å²) in [6, 6.07) is 15.8. The van der Waals surface area contributed by atoms with Gasteiger partial charge >= 0.3 is 0 Å². The van der Waals surface area contributed by atoms with Gasteiger partial charge in [-0.25, -0.2) is 4.52 Å². The van der Waals surface area contributed by atoms with E-state index in [9.17, 15) is 4.79 Å². The van der Waals surface area contributed by atoms with Gasteiger partial charge in [-0.2, -0.15) is 5.10 Å². The van der Waals surface area contributed by atoms with Gasteiger partial charge in [-0.3, -0.25) is 4.79 Å². The minimum absolute atomic E-state index is 0.0714. The number of hydrogen-bond donors (Lipinski definition) is 2. The summed E-state index contributed by atoms with van der Waals surface area (Å²) in [4.78, 5) is 11.2. The smallest absolute Gasteiger partial charge is 0.221 e. The van der Waals surface area contributed by atoms with Crippen molar-refractivity contribution in [3.05, 3.63) is 71.1 Å². The largest absolute Gasteiger partial charge is 0.378 e. The summed E-state index contributed by atoms with van der Waals surface area (Å²) in [5, 5.41) is 11.9. The summed E-state index contributed by atoms with van der Waals surface area (Å²) < 4.78 is 4.38. The van der Waals surface area contributed by atoms with Crippen molar-refractivity contribution in [2.75, 3.05) is 10.6 Å². The summed E-state index contributed by atoms with van der Waals surface area (Å²) in [6.45, 7) is 3.11. The lowest BCUT2D eigenvalue weighted by molar-refractivity contribution is -0.114. The topological polar surface area (TPSA) is 63.4 Å². The first kappa shape index (κ1) is 19.7. The van der Waals surface area contributed by atoms with Crippen LogP contribution in [-0.4, -0.2) is 20.1 Å². The third-order valence-corrected chi connectivity index (χ3v) is 5.98. The minimum atomic E-state index is -0.0714. The molecule has 0 saturated heterocycles. The maximum atomic E-state index is 11.2. The molecular formula is C24H24ClN5O. The van der Waals surface area contributed by atoms with Crippen molar-refractivity contribution < 1.29 is 4.79 Å². The average molecular weight is 434 g/mol. The molecule has 31 heavy (non-hydrogen) atoms. The van der Waals surface area contributed by atoms with Gasteiger partial charge < -0.3 is 15.2 Å². The van der Waals surface area contributed by atoms with Crippen LogP contribution < -0.4 is 10.6 Å². The van der Waals surface area contributed by atoms with E-state index in [0.717, 1.165) is 41.6 Å². The van der Waals surface area contributed by atoms with Crippen molar-refractivity contribution in [2.45, 2.75) is 39.3 Å². The van der Waals surface area contributed by atoms with E-state index in [4.69, 9.17) is 16.7 Å². The van der Waals surface area contributed by atoms with Gasteiger partial charge in [0, 0.05) is 47.2 Å². The molecule has 0 unspecified atom stereocenters. The molecule has 2 aromatic heterocycles. The van der Waals surface area contributed by atoms with Gasteiger partial charge in [0.1, 0.15) is 5.65 Å². The summed E-state index contributed by atoms with van der Waals surface area (Å²) in [5.74, 6) is 0.949. The first-order chi connectivity index (χ1) is 15.1. The van der Waals surface area contributed by atoms with Crippen LogP contribution >= 0.6 is 11.6 Å². The number of anilines is 2. The molecule has 0 fully saturated rings. The van der Waals surface area contributed by atoms with Crippen molar-refractivity contribution in [1.29, 1.82) is 0 Å². The summed E-state index contributed by atoms with van der Waals surface area (Å²) in [7, 11) is 0. The van der Waals surface area contributed by atoms with Crippen molar-refractivity contribution in [1.82, 2.24) is 14.2 Å². The Bertz CT molecular complexity index is 1240. The highest BCUT2D eigenvalue weighted by atomic mass is 35.5. The Morgan fingerprint density at radius 2 is 1.81 bits per heavy atom. The van der Waals surface area contributed by atoms with E-state index in [1.54, 1.807) is 0 Å². The van der Waals surface area contributed by atoms with E-state index >= 15 is 0 Å². The van der Waals surface area contributed by atoms with Crippen LogP contribution in [0, 0.1) is 0 Å². The number of nitrogens with zero attached hydrogens (tertiary/aromatic N) is 3. The van der Waals surface area contributed by atoms with Gasteiger partial charge in [-0.05, 0) is 61.2 Å².